The number of H-pyrrole nitrogens is 1. The van der Waals surface area contributed by atoms with Gasteiger partial charge in [0, 0.05) is 38.4 Å². The van der Waals surface area contributed by atoms with Gasteiger partial charge in [-0.1, -0.05) is 13.8 Å². The zero-order chi connectivity index (χ0) is 24.5. The number of phenolic OH excluding ortho intramolecular Hbond substituents is 1. The lowest BCUT2D eigenvalue weighted by molar-refractivity contribution is 0.0955. The Morgan fingerprint density at radius 2 is 1.65 bits per heavy atom. The Kier molecular flexibility index (Phi) is 8.94. The number of hydrogen-bond donors (Lipinski definition) is 6. The molecule has 0 aliphatic rings. The molecule has 0 spiro atoms. The van der Waals surface area contributed by atoms with Gasteiger partial charge in [-0.15, -0.1) is 0 Å². The number of carbonyl (C=O) groups excluding carboxylic acids is 1. The third kappa shape index (κ3) is 5.89. The normalized spacial score (nSPS) is 11.9. The highest BCUT2D eigenvalue weighted by atomic mass is 16.3. The minimum Gasteiger partial charge on any atom is -0.507 e. The van der Waals surface area contributed by atoms with Crippen LogP contribution < -0.4 is 37.3 Å². The molecule has 0 aliphatic carbocycles. The van der Waals surface area contributed by atoms with Crippen molar-refractivity contribution in [2.24, 2.45) is 0 Å². The van der Waals surface area contributed by atoms with Crippen LogP contribution in [-0.2, 0) is 0 Å². The third-order valence-electron chi connectivity index (χ3n) is 5.27. The molecule has 3 rings (SSSR count). The number of amides is 1. The van der Waals surface area contributed by atoms with Crippen molar-refractivity contribution in [2.45, 2.75) is 26.7 Å². The Bertz CT molecular complexity index is 1320. The van der Waals surface area contributed by atoms with Crippen LogP contribution in [0.2, 0.25) is 0 Å². The highest BCUT2D eigenvalue weighted by Crippen LogP contribution is 2.15. The van der Waals surface area contributed by atoms with E-state index in [-0.39, 0.29) is 39.3 Å². The maximum atomic E-state index is 12.8. The lowest BCUT2D eigenvalue weighted by Crippen LogP contribution is -2.32. The van der Waals surface area contributed by atoms with E-state index in [0.29, 0.717) is 24.9 Å². The summed E-state index contributed by atoms with van der Waals surface area (Å²) in [6, 6.07) is 3.79. The summed E-state index contributed by atoms with van der Waals surface area (Å²) < 4.78 is 0. The van der Waals surface area contributed by atoms with Gasteiger partial charge in [-0.3, -0.25) is 14.4 Å². The first-order valence-electron chi connectivity index (χ1n) is 11.6. The van der Waals surface area contributed by atoms with Gasteiger partial charge in [0.15, 0.2) is 0 Å². The Balaban J connectivity index is 2.00. The third-order valence-corrected chi connectivity index (χ3v) is 5.27. The molecule has 0 aliphatic heterocycles. The lowest BCUT2D eigenvalue weighted by atomic mass is 10.1. The van der Waals surface area contributed by atoms with Gasteiger partial charge in [-0.2, -0.15) is 0 Å². The molecule has 10 heteroatoms. The number of hydrogen-bond acceptors (Lipinski definition) is 8. The van der Waals surface area contributed by atoms with Crippen molar-refractivity contribution in [3.63, 3.8) is 0 Å². The van der Waals surface area contributed by atoms with Crippen molar-refractivity contribution in [3.05, 3.63) is 49.4 Å². The Labute approximate surface area is 196 Å². The number of fused-ring (bicyclic) bond motifs is 2. The van der Waals surface area contributed by atoms with Crippen molar-refractivity contribution in [1.29, 1.82) is 0 Å². The average molecular weight is 469 g/mol. The Hall–Kier alpha value is -3.50. The fraction of sp³-hybridized carbons (Fsp3) is 0.417. The Morgan fingerprint density at radius 3 is 2.35 bits per heavy atom. The zero-order valence-corrected chi connectivity index (χ0v) is 19.6. The average Bonchev–Trinajstić information content (AvgIpc) is 2.82. The highest BCUT2D eigenvalue weighted by molar-refractivity contribution is 6.06. The molecule has 10 nitrogen and oxygen atoms in total. The summed E-state index contributed by atoms with van der Waals surface area (Å²) in [6.45, 7) is 8.26. The monoisotopic (exact) mass is 468 g/mol. The summed E-state index contributed by atoms with van der Waals surface area (Å²) in [4.78, 5) is 45.3. The molecule has 1 amide bonds. The van der Waals surface area contributed by atoms with E-state index >= 15 is 0 Å². The number of benzene rings is 2. The van der Waals surface area contributed by atoms with E-state index in [1.165, 1.54) is 12.1 Å². The molecule has 0 radical (unpaired) electrons. The number of rotatable bonds is 12. The van der Waals surface area contributed by atoms with Crippen LogP contribution >= 0.6 is 0 Å². The molecule has 0 saturated carbocycles. The standard InChI is InChI=1S/C24H32N6O4/c1-3-7-25-9-10-27-14-16-18(32)13-19(33)23-21(16)30-22-17(31)6-5-15(20(22)29-23)24(34)28-12-11-26-8-4-2/h5-6,13-14,25-27,29,32H,3-4,7-12H2,1-2H3,(H,28,34). The second kappa shape index (κ2) is 12.1. The molecule has 6 N–H and O–H groups in total. The molecular formula is C24H32N6O4. The van der Waals surface area contributed by atoms with Crippen LogP contribution in [0.5, 0.6) is 5.75 Å². The van der Waals surface area contributed by atoms with E-state index in [1.54, 1.807) is 6.20 Å². The first-order valence-corrected chi connectivity index (χ1v) is 11.6. The minimum absolute atomic E-state index is 0.0218. The SMILES string of the molecule is CCCNCCNC=c1c(O)cc(=O)c2[nH]c3c(C(=O)NCCNCCC)ccc(=O)c3nc12. The summed E-state index contributed by atoms with van der Waals surface area (Å²) in [5.74, 6) is -0.618. The molecule has 2 aromatic carbocycles. The molecule has 182 valence electrons. The number of aromatic amines is 1. The molecule has 0 saturated heterocycles. The van der Waals surface area contributed by atoms with Crippen LogP contribution in [0.3, 0.4) is 0 Å². The van der Waals surface area contributed by atoms with Crippen molar-refractivity contribution in [1.82, 2.24) is 31.2 Å². The number of aromatic nitrogens is 2. The van der Waals surface area contributed by atoms with E-state index in [2.05, 4.69) is 45.1 Å². The van der Waals surface area contributed by atoms with Crippen LogP contribution in [-0.4, -0.2) is 60.3 Å². The fourth-order valence-corrected chi connectivity index (χ4v) is 3.56. The highest BCUT2D eigenvalue weighted by Gasteiger charge is 2.16. The van der Waals surface area contributed by atoms with Crippen molar-refractivity contribution in [2.75, 3.05) is 39.3 Å². The summed E-state index contributed by atoms with van der Waals surface area (Å²) in [6.07, 6.45) is 3.59. The van der Waals surface area contributed by atoms with Gasteiger partial charge in [0.1, 0.15) is 22.3 Å². The summed E-state index contributed by atoms with van der Waals surface area (Å²) in [7, 11) is 0. The molecule has 1 heterocycles. The van der Waals surface area contributed by atoms with Gasteiger partial charge < -0.3 is 31.4 Å². The number of carbonyl (C=O) groups is 1. The Morgan fingerprint density at radius 1 is 0.941 bits per heavy atom. The largest absolute Gasteiger partial charge is 0.507 e. The van der Waals surface area contributed by atoms with Crippen molar-refractivity contribution in [3.8, 4) is 5.75 Å². The van der Waals surface area contributed by atoms with E-state index in [0.717, 1.165) is 38.5 Å². The van der Waals surface area contributed by atoms with Crippen LogP contribution in [0, 0.1) is 0 Å². The van der Waals surface area contributed by atoms with Crippen LogP contribution in [0.25, 0.3) is 28.3 Å². The summed E-state index contributed by atoms with van der Waals surface area (Å²) in [5, 5.41) is 23.0. The quantitative estimate of drug-likeness (QED) is 0.160. The summed E-state index contributed by atoms with van der Waals surface area (Å²) in [5.41, 5.74) is -0.199. The first kappa shape index (κ1) is 25.1. The smallest absolute Gasteiger partial charge is 0.253 e. The molecule has 0 bridgehead atoms. The number of nitrogens with zero attached hydrogens (tertiary/aromatic N) is 1. The fourth-order valence-electron chi connectivity index (χ4n) is 3.56. The number of nitrogens with one attached hydrogen (secondary N) is 5. The maximum Gasteiger partial charge on any atom is 0.253 e. The zero-order valence-electron chi connectivity index (χ0n) is 19.6. The second-order valence-electron chi connectivity index (χ2n) is 7.96. The van der Waals surface area contributed by atoms with E-state index < -0.39 is 10.9 Å². The topological polar surface area (TPSA) is 148 Å². The maximum absolute atomic E-state index is 12.8. The molecular weight excluding hydrogens is 436 g/mol. The van der Waals surface area contributed by atoms with Crippen molar-refractivity contribution < 1.29 is 9.90 Å². The van der Waals surface area contributed by atoms with E-state index in [4.69, 9.17) is 0 Å². The van der Waals surface area contributed by atoms with Crippen LogP contribution in [0.1, 0.15) is 37.0 Å². The van der Waals surface area contributed by atoms with Gasteiger partial charge in [0.25, 0.3) is 5.91 Å². The molecule has 0 unspecified atom stereocenters. The second-order valence-corrected chi connectivity index (χ2v) is 7.96. The van der Waals surface area contributed by atoms with Crippen LogP contribution in [0.15, 0.2) is 27.8 Å². The molecule has 34 heavy (non-hydrogen) atoms. The van der Waals surface area contributed by atoms with Gasteiger partial charge in [0.05, 0.1) is 16.3 Å². The van der Waals surface area contributed by atoms with Gasteiger partial charge in [-0.05, 0) is 38.1 Å². The van der Waals surface area contributed by atoms with Gasteiger partial charge in [0.2, 0.25) is 10.9 Å². The van der Waals surface area contributed by atoms with Crippen LogP contribution in [0.4, 0.5) is 0 Å². The van der Waals surface area contributed by atoms with Gasteiger partial charge in [-0.25, -0.2) is 4.98 Å². The molecule has 0 atom stereocenters. The first-order chi connectivity index (χ1) is 16.5. The molecule has 3 aromatic rings. The number of aromatic hydroxyl groups is 1. The summed E-state index contributed by atoms with van der Waals surface area (Å²) >= 11 is 0. The minimum atomic E-state index is -0.491. The predicted octanol–water partition coefficient (Wildman–Crippen LogP) is -0.0824. The lowest BCUT2D eigenvalue weighted by Gasteiger charge is -2.10. The van der Waals surface area contributed by atoms with Crippen molar-refractivity contribution >= 4 is 34.2 Å². The van der Waals surface area contributed by atoms with E-state index in [9.17, 15) is 19.5 Å². The number of phenols is 1. The molecule has 1 aromatic heterocycles. The molecule has 0 fully saturated rings. The predicted molar refractivity (Wildman–Crippen MR) is 134 cm³/mol. The van der Waals surface area contributed by atoms with E-state index in [1.807, 2.05) is 0 Å². The van der Waals surface area contributed by atoms with Gasteiger partial charge >= 0.3 is 0 Å².